The highest BCUT2D eigenvalue weighted by Crippen LogP contribution is 2.28. The Bertz CT molecular complexity index is 2870. The number of likely N-dealkylation sites (N-methyl/N-ethyl adjacent to an activating group) is 6. The lowest BCUT2D eigenvalue weighted by atomic mass is 9.85. The Kier molecular flexibility index (Phi) is 39.3. The van der Waals surface area contributed by atoms with Gasteiger partial charge in [-0.3, -0.25) is 57.6 Å². The number of carbonyl (C=O) groups excluding carboxylic acids is 11. The highest BCUT2D eigenvalue weighted by Gasteiger charge is 2.45. The molecule has 2 saturated heterocycles. The molecule has 2 aliphatic rings. The molecule has 5 N–H and O–H groups in total. The molecular formula is C78H135N11O14. The molecule has 2 fully saturated rings. The van der Waals surface area contributed by atoms with Crippen molar-refractivity contribution in [2.45, 2.75) is 261 Å². The Morgan fingerprint density at radius 2 is 1.09 bits per heavy atom. The second-order valence-corrected chi connectivity index (χ2v) is 31.4. The molecule has 0 aromatic heterocycles. The quantitative estimate of drug-likeness (QED) is 0.0631. The molecular weight excluding hydrogens is 1310 g/mol. The van der Waals surface area contributed by atoms with E-state index in [0.29, 0.717) is 39.0 Å². The first-order chi connectivity index (χ1) is 48.3. The number of morpholine rings is 1. The lowest BCUT2D eigenvalue weighted by molar-refractivity contribution is -0.154. The molecule has 0 saturated carbocycles. The standard InChI is InChI=1S/C78H135N11O14/c1-23-60-76(99)83(17)56(15)74(97)88(22)68(57(16)103-39-31-30-36-89-37-40-102-41-38-89)65(91)46-59(51(8)9)75(98)84(18)61(42-48(2)3)64(90)45-54(13)70(93)80-55(14)73(96)85(19)62(43-49(4)5)77(100)86(20)63(44-50(6)7)78(101)87(21)67(52(10)11)72(95)82-66(71(94)81-60)69(92)53(12)32-26-25-29-35-79-47-58-33-27-24-28-34-58/h24,27-28,33-34,48-57,59-63,66-69,79,92H,23,25-26,29-32,35-47H2,1-22H3,(H,80,93)(H,81,94)(H,82,95)/t53-,54-,55-,56-,57-,59+,60+,61+,62+,63+,66+,67+,68+,69-/m1/s1. The molecule has 0 aliphatic carbocycles. The van der Waals surface area contributed by atoms with Gasteiger partial charge >= 0.3 is 0 Å². The smallest absolute Gasteiger partial charge is 0.245 e. The van der Waals surface area contributed by atoms with Crippen molar-refractivity contribution in [1.82, 2.24) is 55.6 Å². The first-order valence-electron chi connectivity index (χ1n) is 38.2. The van der Waals surface area contributed by atoms with Crippen LogP contribution in [0.4, 0.5) is 0 Å². The first kappa shape index (κ1) is 90.8. The molecule has 3 rings (SSSR count). The van der Waals surface area contributed by atoms with Crippen molar-refractivity contribution >= 4 is 64.7 Å². The van der Waals surface area contributed by atoms with E-state index in [4.69, 9.17) is 9.47 Å². The average Bonchev–Trinajstić information content (AvgIpc) is 0.812. The lowest BCUT2D eigenvalue weighted by Gasteiger charge is -2.40. The van der Waals surface area contributed by atoms with E-state index in [9.17, 15) is 24.3 Å². The van der Waals surface area contributed by atoms with Crippen LogP contribution in [0.15, 0.2) is 30.3 Å². The minimum atomic E-state index is -1.68. The number of amides is 9. The summed E-state index contributed by atoms with van der Waals surface area (Å²) in [4.78, 5) is 174. The van der Waals surface area contributed by atoms with Crippen LogP contribution in [0.5, 0.6) is 0 Å². The largest absolute Gasteiger partial charge is 0.390 e. The fraction of sp³-hybridized carbons (Fsp3) is 0.782. The molecule has 1 aromatic rings. The van der Waals surface area contributed by atoms with Gasteiger partial charge in [-0.1, -0.05) is 133 Å². The van der Waals surface area contributed by atoms with Gasteiger partial charge in [0.1, 0.15) is 48.3 Å². The van der Waals surface area contributed by atoms with Crippen LogP contribution in [0.3, 0.4) is 0 Å². The molecule has 1 aromatic carbocycles. The number of benzene rings is 1. The third-order valence-corrected chi connectivity index (χ3v) is 20.8. The summed E-state index contributed by atoms with van der Waals surface area (Å²) < 4.78 is 11.9. The van der Waals surface area contributed by atoms with Crippen molar-refractivity contribution in [3.63, 3.8) is 0 Å². The van der Waals surface area contributed by atoms with Gasteiger partial charge in [0.15, 0.2) is 11.6 Å². The van der Waals surface area contributed by atoms with Crippen LogP contribution in [0, 0.1) is 47.3 Å². The van der Waals surface area contributed by atoms with E-state index in [-0.39, 0.29) is 62.9 Å². The van der Waals surface area contributed by atoms with E-state index >= 15 is 33.6 Å². The number of ether oxygens (including phenoxy) is 2. The van der Waals surface area contributed by atoms with Crippen LogP contribution in [-0.4, -0.2) is 259 Å². The maximum absolute atomic E-state index is 15.3. The van der Waals surface area contributed by atoms with Gasteiger partial charge in [-0.05, 0) is 126 Å². The maximum atomic E-state index is 15.3. The molecule has 0 radical (unpaired) electrons. The van der Waals surface area contributed by atoms with E-state index in [1.54, 1.807) is 55.4 Å². The summed E-state index contributed by atoms with van der Waals surface area (Å²) in [6.45, 7) is 33.5. The minimum absolute atomic E-state index is 0.000868. The molecule has 0 spiro atoms. The maximum Gasteiger partial charge on any atom is 0.245 e. The normalized spacial score (nSPS) is 26.3. The number of ketones is 2. The molecule has 103 heavy (non-hydrogen) atoms. The molecule has 14 atom stereocenters. The second-order valence-electron chi connectivity index (χ2n) is 31.4. The summed E-state index contributed by atoms with van der Waals surface area (Å²) in [6.07, 6.45) is 1.59. The molecule has 586 valence electrons. The summed E-state index contributed by atoms with van der Waals surface area (Å²) >= 11 is 0. The first-order valence-corrected chi connectivity index (χ1v) is 38.2. The van der Waals surface area contributed by atoms with Crippen molar-refractivity contribution in [2.24, 2.45) is 47.3 Å². The van der Waals surface area contributed by atoms with Crippen LogP contribution in [0.2, 0.25) is 0 Å². The summed E-state index contributed by atoms with van der Waals surface area (Å²) in [7, 11) is 8.76. The van der Waals surface area contributed by atoms with Gasteiger partial charge in [-0.25, -0.2) is 0 Å². The van der Waals surface area contributed by atoms with Gasteiger partial charge in [0.05, 0.1) is 31.5 Å². The second kappa shape index (κ2) is 44.5. The third-order valence-electron chi connectivity index (χ3n) is 20.8. The Hall–Kier alpha value is -6.41. The summed E-state index contributed by atoms with van der Waals surface area (Å²) in [5.74, 6) is -10.9. The summed E-state index contributed by atoms with van der Waals surface area (Å²) in [5.41, 5.74) is 1.16. The number of Topliss-reactive ketones (excluding diaryl/α,β-unsaturated/α-hetero) is 2. The number of carbonyl (C=O) groups is 11. The predicted molar refractivity (Wildman–Crippen MR) is 400 cm³/mol. The number of aliphatic hydroxyl groups is 1. The number of rotatable bonds is 26. The summed E-state index contributed by atoms with van der Waals surface area (Å²) in [5, 5.41) is 24.3. The SMILES string of the molecule is CC[C@@H]1NC(=O)[C@H]([C@H](O)[C@H](C)CCCCCNCc2ccccc2)NC(=O)[C@H](C(C)C)N(C)C(=O)[C@H](CC(C)C)N(C)C(=O)[C@H](CC(C)C)N(C)C(=O)[C@@H](C)NC(=O)[C@H](C)CC(=O)[C@H](CC(C)C)N(C)C(=O)[C@H](C(C)C)CC(=O)[C@H]([C@@H](C)OCCCCN2CCOCC2)N(C)C(=O)[C@@H](C)N(C)C1=O. The van der Waals surface area contributed by atoms with Crippen LogP contribution < -0.4 is 21.3 Å². The molecule has 25 heteroatoms. The number of aliphatic hydroxyl groups excluding tert-OH is 1. The van der Waals surface area contributed by atoms with Crippen LogP contribution in [0.25, 0.3) is 0 Å². The lowest BCUT2D eigenvalue weighted by Crippen LogP contribution is -2.63. The highest BCUT2D eigenvalue weighted by molar-refractivity contribution is 6.00. The number of nitrogens with zero attached hydrogens (tertiary/aromatic N) is 7. The Balaban J connectivity index is 2.26. The molecule has 2 aliphatic heterocycles. The molecule has 0 bridgehead atoms. The van der Waals surface area contributed by atoms with Crippen molar-refractivity contribution in [3.8, 4) is 0 Å². The number of hydrogen-bond donors (Lipinski definition) is 5. The zero-order chi connectivity index (χ0) is 77.9. The average molecular weight is 1450 g/mol. The third kappa shape index (κ3) is 27.8. The van der Waals surface area contributed by atoms with Crippen molar-refractivity contribution < 1.29 is 67.3 Å². The van der Waals surface area contributed by atoms with Gasteiger partial charge in [0, 0.05) is 93.2 Å². The Morgan fingerprint density at radius 1 is 0.544 bits per heavy atom. The zero-order valence-electron chi connectivity index (χ0n) is 66.9. The van der Waals surface area contributed by atoms with Crippen LogP contribution in [-0.2, 0) is 68.8 Å². The van der Waals surface area contributed by atoms with E-state index in [0.717, 1.165) is 51.0 Å². The molecule has 9 amide bonds. The Labute approximate surface area is 617 Å². The van der Waals surface area contributed by atoms with E-state index < -0.39 is 161 Å². The summed E-state index contributed by atoms with van der Waals surface area (Å²) in [6, 6.07) is -1.30. The molecule has 25 nitrogen and oxygen atoms in total. The highest BCUT2D eigenvalue weighted by atomic mass is 16.5. The number of nitrogens with one attached hydrogen (secondary N) is 4. The van der Waals surface area contributed by atoms with Crippen molar-refractivity contribution in [1.29, 1.82) is 0 Å². The fourth-order valence-corrected chi connectivity index (χ4v) is 14.0. The van der Waals surface area contributed by atoms with Gasteiger partial charge in [-0.2, -0.15) is 0 Å². The topological polar surface area (TPSA) is 297 Å². The minimum Gasteiger partial charge on any atom is -0.390 e. The van der Waals surface area contributed by atoms with Crippen LogP contribution in [0.1, 0.15) is 193 Å². The number of hydrogen-bond acceptors (Lipinski definition) is 16. The molecule has 2 heterocycles. The van der Waals surface area contributed by atoms with E-state index in [2.05, 4.69) is 38.3 Å². The van der Waals surface area contributed by atoms with Crippen molar-refractivity contribution in [3.05, 3.63) is 35.9 Å². The van der Waals surface area contributed by atoms with Gasteiger partial charge < -0.3 is 65.2 Å². The Morgan fingerprint density at radius 3 is 1.64 bits per heavy atom. The zero-order valence-corrected chi connectivity index (χ0v) is 66.9. The van der Waals surface area contributed by atoms with E-state index in [1.165, 1.54) is 85.5 Å². The molecule has 0 unspecified atom stereocenters. The van der Waals surface area contributed by atoms with Gasteiger partial charge in [0.25, 0.3) is 0 Å². The van der Waals surface area contributed by atoms with Gasteiger partial charge in [0.2, 0.25) is 53.2 Å². The van der Waals surface area contributed by atoms with E-state index in [1.807, 2.05) is 59.7 Å². The number of unbranched alkanes of at least 4 members (excludes halogenated alkanes) is 3. The predicted octanol–water partition coefficient (Wildman–Crippen LogP) is 6.35. The monoisotopic (exact) mass is 1450 g/mol. The van der Waals surface area contributed by atoms with Crippen LogP contribution >= 0.6 is 0 Å². The van der Waals surface area contributed by atoms with Crippen molar-refractivity contribution in [2.75, 3.05) is 88.3 Å². The van der Waals surface area contributed by atoms with Gasteiger partial charge in [-0.15, -0.1) is 0 Å². The fourth-order valence-electron chi connectivity index (χ4n) is 14.0.